The molecule has 2 heterocycles. The van der Waals surface area contributed by atoms with Crippen molar-refractivity contribution in [3.63, 3.8) is 0 Å². The number of benzene rings is 2. The van der Waals surface area contributed by atoms with Gasteiger partial charge in [-0.15, -0.1) is 10.2 Å². The standard InChI is InChI=1S/C18H12Cl2N4OS/c19-13-7-6-11(8-14(13)20)10-26-18-23-22-17-21-16(25)9-15(24(17)18)12-4-2-1-3-5-12/h1-9H,10H2,(H,21,22,25). The van der Waals surface area contributed by atoms with Crippen molar-refractivity contribution >= 4 is 40.7 Å². The van der Waals surface area contributed by atoms with Crippen molar-refractivity contribution in [2.75, 3.05) is 0 Å². The molecule has 0 aliphatic rings. The van der Waals surface area contributed by atoms with Crippen LogP contribution >= 0.6 is 35.0 Å². The third-order valence-corrected chi connectivity index (χ3v) is 5.54. The number of halogens is 2. The van der Waals surface area contributed by atoms with Gasteiger partial charge in [0.15, 0.2) is 5.16 Å². The molecule has 0 fully saturated rings. The fourth-order valence-corrected chi connectivity index (χ4v) is 3.80. The molecule has 5 nitrogen and oxygen atoms in total. The van der Waals surface area contributed by atoms with Crippen LogP contribution in [0, 0.1) is 0 Å². The first-order valence-corrected chi connectivity index (χ1v) is 9.46. The third kappa shape index (κ3) is 3.35. The molecule has 0 atom stereocenters. The Balaban J connectivity index is 1.74. The molecule has 2 aromatic heterocycles. The zero-order valence-electron chi connectivity index (χ0n) is 13.3. The molecule has 0 aliphatic heterocycles. The summed E-state index contributed by atoms with van der Waals surface area (Å²) in [5, 5.41) is 10.0. The normalized spacial score (nSPS) is 11.2. The van der Waals surface area contributed by atoms with Crippen molar-refractivity contribution in [2.45, 2.75) is 10.9 Å². The molecule has 0 aliphatic carbocycles. The Morgan fingerprint density at radius 3 is 2.58 bits per heavy atom. The van der Waals surface area contributed by atoms with E-state index in [0.717, 1.165) is 16.8 Å². The van der Waals surface area contributed by atoms with Crippen LogP contribution in [-0.2, 0) is 5.75 Å². The molecular formula is C18H12Cl2N4OS. The molecular weight excluding hydrogens is 391 g/mol. The molecule has 8 heteroatoms. The molecule has 0 amide bonds. The summed E-state index contributed by atoms with van der Waals surface area (Å²) in [6.07, 6.45) is 0. The van der Waals surface area contributed by atoms with E-state index >= 15 is 0 Å². The van der Waals surface area contributed by atoms with Crippen molar-refractivity contribution in [3.8, 4) is 11.3 Å². The van der Waals surface area contributed by atoms with Gasteiger partial charge in [-0.1, -0.05) is 71.4 Å². The zero-order chi connectivity index (χ0) is 18.1. The summed E-state index contributed by atoms with van der Waals surface area (Å²) in [5.74, 6) is 1.05. The van der Waals surface area contributed by atoms with Gasteiger partial charge in [-0.3, -0.25) is 14.2 Å². The highest BCUT2D eigenvalue weighted by molar-refractivity contribution is 7.98. The van der Waals surface area contributed by atoms with E-state index in [-0.39, 0.29) is 5.56 Å². The third-order valence-electron chi connectivity index (χ3n) is 3.80. The number of aromatic amines is 1. The molecule has 0 spiro atoms. The summed E-state index contributed by atoms with van der Waals surface area (Å²) in [5.41, 5.74) is 2.46. The second-order valence-electron chi connectivity index (χ2n) is 5.56. The van der Waals surface area contributed by atoms with Gasteiger partial charge in [0.1, 0.15) is 0 Å². The molecule has 0 unspecified atom stereocenters. The minimum absolute atomic E-state index is 0.218. The number of nitrogens with zero attached hydrogens (tertiary/aromatic N) is 3. The van der Waals surface area contributed by atoms with Crippen molar-refractivity contribution in [2.24, 2.45) is 0 Å². The number of hydrogen-bond donors (Lipinski definition) is 1. The van der Waals surface area contributed by atoms with Crippen LogP contribution in [0.4, 0.5) is 0 Å². The minimum atomic E-state index is -0.218. The average Bonchev–Trinajstić information content (AvgIpc) is 3.05. The molecule has 4 aromatic rings. The molecule has 0 bridgehead atoms. The van der Waals surface area contributed by atoms with Crippen LogP contribution in [0.1, 0.15) is 5.56 Å². The number of H-pyrrole nitrogens is 1. The predicted molar refractivity (Wildman–Crippen MR) is 105 cm³/mol. The number of fused-ring (bicyclic) bond motifs is 1. The van der Waals surface area contributed by atoms with E-state index in [1.54, 1.807) is 12.1 Å². The van der Waals surface area contributed by atoms with Crippen LogP contribution < -0.4 is 5.56 Å². The monoisotopic (exact) mass is 402 g/mol. The predicted octanol–water partition coefficient (Wildman–Crippen LogP) is 4.68. The Labute approximate surface area is 163 Å². The van der Waals surface area contributed by atoms with Gasteiger partial charge < -0.3 is 0 Å². The van der Waals surface area contributed by atoms with Crippen LogP contribution in [0.15, 0.2) is 64.5 Å². The van der Waals surface area contributed by atoms with Crippen molar-refractivity contribution in [1.29, 1.82) is 0 Å². The van der Waals surface area contributed by atoms with Crippen LogP contribution in [0.25, 0.3) is 17.0 Å². The molecule has 26 heavy (non-hydrogen) atoms. The summed E-state index contributed by atoms with van der Waals surface area (Å²) < 4.78 is 1.85. The maximum absolute atomic E-state index is 12.0. The number of nitrogens with one attached hydrogen (secondary N) is 1. The molecule has 2 aromatic carbocycles. The highest BCUT2D eigenvalue weighted by Gasteiger charge is 2.13. The highest BCUT2D eigenvalue weighted by Crippen LogP contribution is 2.28. The molecule has 0 saturated carbocycles. The first kappa shape index (κ1) is 17.1. The topological polar surface area (TPSA) is 63.1 Å². The lowest BCUT2D eigenvalue weighted by Gasteiger charge is -2.07. The van der Waals surface area contributed by atoms with Gasteiger partial charge in [0, 0.05) is 11.8 Å². The highest BCUT2D eigenvalue weighted by atomic mass is 35.5. The average molecular weight is 403 g/mol. The Kier molecular flexibility index (Phi) is 4.72. The smallest absolute Gasteiger partial charge is 0.252 e. The van der Waals surface area contributed by atoms with Gasteiger partial charge in [-0.05, 0) is 23.3 Å². The van der Waals surface area contributed by atoms with E-state index in [1.165, 1.54) is 11.8 Å². The second-order valence-corrected chi connectivity index (χ2v) is 7.32. The van der Waals surface area contributed by atoms with Gasteiger partial charge in [0.25, 0.3) is 5.56 Å². The summed E-state index contributed by atoms with van der Waals surface area (Å²) in [4.78, 5) is 14.7. The lowest BCUT2D eigenvalue weighted by molar-refractivity contribution is 0.921. The Hall–Kier alpha value is -2.28. The summed E-state index contributed by atoms with van der Waals surface area (Å²) in [6.45, 7) is 0. The summed E-state index contributed by atoms with van der Waals surface area (Å²) >= 11 is 13.5. The number of thioether (sulfide) groups is 1. The Bertz CT molecular complexity index is 1140. The van der Waals surface area contributed by atoms with E-state index in [4.69, 9.17) is 23.2 Å². The van der Waals surface area contributed by atoms with Crippen LogP contribution in [0.5, 0.6) is 0 Å². The van der Waals surface area contributed by atoms with E-state index in [9.17, 15) is 4.79 Å². The molecule has 0 saturated heterocycles. The molecule has 4 rings (SSSR count). The van der Waals surface area contributed by atoms with Gasteiger partial charge >= 0.3 is 0 Å². The van der Waals surface area contributed by atoms with E-state index in [2.05, 4.69) is 15.2 Å². The molecule has 130 valence electrons. The van der Waals surface area contributed by atoms with E-state index in [0.29, 0.717) is 26.7 Å². The molecule has 1 N–H and O–H groups in total. The maximum atomic E-state index is 12.0. The fourth-order valence-electron chi connectivity index (χ4n) is 2.60. The second kappa shape index (κ2) is 7.15. The number of rotatable bonds is 4. The first-order chi connectivity index (χ1) is 12.6. The van der Waals surface area contributed by atoms with Crippen LogP contribution in [-0.4, -0.2) is 19.6 Å². The van der Waals surface area contributed by atoms with Gasteiger partial charge in [0.05, 0.1) is 15.7 Å². The van der Waals surface area contributed by atoms with Crippen molar-refractivity contribution in [3.05, 3.63) is 80.6 Å². The summed E-state index contributed by atoms with van der Waals surface area (Å²) in [6, 6.07) is 16.8. The first-order valence-electron chi connectivity index (χ1n) is 7.72. The van der Waals surface area contributed by atoms with E-state index in [1.807, 2.05) is 46.9 Å². The lowest BCUT2D eigenvalue weighted by atomic mass is 10.1. The van der Waals surface area contributed by atoms with Gasteiger partial charge in [0.2, 0.25) is 5.78 Å². The van der Waals surface area contributed by atoms with E-state index < -0.39 is 0 Å². The molecule has 0 radical (unpaired) electrons. The minimum Gasteiger partial charge on any atom is -0.291 e. The number of aromatic nitrogens is 4. The zero-order valence-corrected chi connectivity index (χ0v) is 15.6. The SMILES string of the molecule is O=c1cc(-c2ccccc2)n2c(SCc3ccc(Cl)c(Cl)c3)nnc2[nH]1. The Morgan fingerprint density at radius 1 is 1.00 bits per heavy atom. The lowest BCUT2D eigenvalue weighted by Crippen LogP contribution is -2.09. The largest absolute Gasteiger partial charge is 0.291 e. The summed E-state index contributed by atoms with van der Waals surface area (Å²) in [7, 11) is 0. The maximum Gasteiger partial charge on any atom is 0.252 e. The van der Waals surface area contributed by atoms with Gasteiger partial charge in [-0.25, -0.2) is 0 Å². The number of hydrogen-bond acceptors (Lipinski definition) is 4. The Morgan fingerprint density at radius 2 is 1.81 bits per heavy atom. The van der Waals surface area contributed by atoms with Crippen LogP contribution in [0.3, 0.4) is 0 Å². The van der Waals surface area contributed by atoms with Crippen molar-refractivity contribution < 1.29 is 0 Å². The van der Waals surface area contributed by atoms with Crippen molar-refractivity contribution in [1.82, 2.24) is 19.6 Å². The van der Waals surface area contributed by atoms with Crippen LogP contribution in [0.2, 0.25) is 10.0 Å². The fraction of sp³-hybridized carbons (Fsp3) is 0.0556. The van der Waals surface area contributed by atoms with Gasteiger partial charge in [-0.2, -0.15) is 0 Å². The quantitative estimate of drug-likeness (QED) is 0.503.